The van der Waals surface area contributed by atoms with Gasteiger partial charge in [0.1, 0.15) is 6.04 Å². The third-order valence-corrected chi connectivity index (χ3v) is 3.70. The molecule has 0 fully saturated rings. The van der Waals surface area contributed by atoms with Crippen molar-refractivity contribution in [1.29, 1.82) is 10.5 Å². The number of non-ortho nitro benzene ring substituents is 1. The lowest BCUT2D eigenvalue weighted by molar-refractivity contribution is -0.384. The molecule has 1 rings (SSSR count). The van der Waals surface area contributed by atoms with Crippen molar-refractivity contribution in [3.63, 3.8) is 0 Å². The van der Waals surface area contributed by atoms with Crippen molar-refractivity contribution < 1.29 is 24.0 Å². The molecule has 152 valence electrons. The van der Waals surface area contributed by atoms with Crippen LogP contribution in [-0.4, -0.2) is 53.3 Å². The van der Waals surface area contributed by atoms with Gasteiger partial charge in [-0.25, -0.2) is 4.79 Å². The number of nitriles is 2. The summed E-state index contributed by atoms with van der Waals surface area (Å²) in [5, 5.41) is 30.4. The van der Waals surface area contributed by atoms with E-state index >= 15 is 0 Å². The minimum absolute atomic E-state index is 0.00546. The number of amides is 2. The van der Waals surface area contributed by atoms with E-state index in [1.165, 1.54) is 30.0 Å². The molecule has 0 radical (unpaired) electrons. The van der Waals surface area contributed by atoms with Gasteiger partial charge in [-0.15, -0.1) is 0 Å². The molecule has 0 aliphatic heterocycles. The number of nitro groups is 1. The van der Waals surface area contributed by atoms with E-state index in [1.807, 2.05) is 12.1 Å². The molecule has 0 saturated carbocycles. The van der Waals surface area contributed by atoms with Gasteiger partial charge >= 0.3 is 5.97 Å². The number of carbonyl (C=O) groups excluding carboxylic acids is 3. The quantitative estimate of drug-likeness (QED) is 0.343. The number of benzene rings is 1. The molecule has 0 spiro atoms. The first kappa shape index (κ1) is 23.0. The van der Waals surface area contributed by atoms with E-state index in [-0.39, 0.29) is 37.2 Å². The Bertz CT molecular complexity index is 839. The van der Waals surface area contributed by atoms with Gasteiger partial charge in [-0.1, -0.05) is 6.07 Å². The lowest BCUT2D eigenvalue weighted by atomic mass is 10.2. The summed E-state index contributed by atoms with van der Waals surface area (Å²) in [5.74, 6) is -2.16. The number of esters is 1. The number of ether oxygens (including phenoxy) is 1. The van der Waals surface area contributed by atoms with E-state index in [1.54, 1.807) is 0 Å². The molecule has 0 aliphatic carbocycles. The highest BCUT2D eigenvalue weighted by atomic mass is 16.6. The van der Waals surface area contributed by atoms with Gasteiger partial charge in [0.2, 0.25) is 0 Å². The van der Waals surface area contributed by atoms with Crippen molar-refractivity contribution in [3.05, 3.63) is 39.9 Å². The summed E-state index contributed by atoms with van der Waals surface area (Å²) in [4.78, 5) is 47.6. The fourth-order valence-electron chi connectivity index (χ4n) is 2.18. The zero-order valence-electron chi connectivity index (χ0n) is 15.7. The largest absolute Gasteiger partial charge is 0.454 e. The standard InChI is InChI=1S/C18H19N5O6/c1-13(21-17(25)14-5-2-6-15(11-14)23(27)28)18(26)29-12-16(24)22(9-3-7-19)10-4-8-20/h2,5-6,11,13H,3-4,9-10,12H2,1H3,(H,21,25). The zero-order valence-corrected chi connectivity index (χ0v) is 15.7. The highest BCUT2D eigenvalue weighted by molar-refractivity contribution is 5.97. The number of carbonyl (C=O) groups is 3. The number of rotatable bonds is 10. The third-order valence-electron chi connectivity index (χ3n) is 3.70. The van der Waals surface area contributed by atoms with E-state index in [0.717, 1.165) is 6.07 Å². The Morgan fingerprint density at radius 2 is 1.86 bits per heavy atom. The Morgan fingerprint density at radius 3 is 2.41 bits per heavy atom. The Hall–Kier alpha value is -3.99. The smallest absolute Gasteiger partial charge is 0.328 e. The maximum atomic E-state index is 12.1. The molecule has 0 aromatic heterocycles. The van der Waals surface area contributed by atoms with Gasteiger partial charge < -0.3 is 15.0 Å². The van der Waals surface area contributed by atoms with Crippen LogP contribution < -0.4 is 5.32 Å². The van der Waals surface area contributed by atoms with Gasteiger partial charge in [-0.05, 0) is 13.0 Å². The van der Waals surface area contributed by atoms with E-state index < -0.39 is 35.4 Å². The second-order valence-corrected chi connectivity index (χ2v) is 5.81. The fraction of sp³-hybridized carbons (Fsp3) is 0.389. The molecule has 0 aliphatic rings. The predicted molar refractivity (Wildman–Crippen MR) is 98.0 cm³/mol. The van der Waals surface area contributed by atoms with Gasteiger partial charge in [-0.3, -0.25) is 19.7 Å². The van der Waals surface area contributed by atoms with Crippen molar-refractivity contribution >= 4 is 23.5 Å². The monoisotopic (exact) mass is 401 g/mol. The molecule has 1 aromatic rings. The molecular formula is C18H19N5O6. The zero-order chi connectivity index (χ0) is 21.8. The van der Waals surface area contributed by atoms with E-state index in [9.17, 15) is 24.5 Å². The van der Waals surface area contributed by atoms with Crippen LogP contribution >= 0.6 is 0 Å². The maximum Gasteiger partial charge on any atom is 0.328 e. The second kappa shape index (κ2) is 11.7. The summed E-state index contributed by atoms with van der Waals surface area (Å²) in [5.41, 5.74) is -0.276. The molecule has 1 N–H and O–H groups in total. The van der Waals surface area contributed by atoms with Crippen LogP contribution in [0.1, 0.15) is 30.1 Å². The van der Waals surface area contributed by atoms with E-state index in [2.05, 4.69) is 5.32 Å². The molecule has 2 amide bonds. The number of hydrogen-bond acceptors (Lipinski definition) is 8. The van der Waals surface area contributed by atoms with E-state index in [4.69, 9.17) is 15.3 Å². The predicted octanol–water partition coefficient (Wildman–Crippen LogP) is 0.912. The van der Waals surface area contributed by atoms with Crippen LogP contribution in [0.25, 0.3) is 0 Å². The summed E-state index contributed by atoms with van der Waals surface area (Å²) in [6.45, 7) is 0.944. The van der Waals surface area contributed by atoms with Gasteiger partial charge in [0.25, 0.3) is 17.5 Å². The average molecular weight is 401 g/mol. The number of hydrogen-bond donors (Lipinski definition) is 1. The number of nitrogens with one attached hydrogen (secondary N) is 1. The van der Waals surface area contributed by atoms with E-state index in [0.29, 0.717) is 0 Å². The molecule has 0 saturated heterocycles. The third kappa shape index (κ3) is 7.64. The van der Waals surface area contributed by atoms with Gasteiger partial charge in [0, 0.05) is 30.8 Å². The number of nitro benzene ring substituents is 1. The number of nitrogens with zero attached hydrogens (tertiary/aromatic N) is 4. The van der Waals surface area contributed by atoms with Crippen molar-refractivity contribution in [2.24, 2.45) is 0 Å². The van der Waals surface area contributed by atoms with Crippen molar-refractivity contribution in [2.75, 3.05) is 19.7 Å². The molecule has 1 unspecified atom stereocenters. The molecule has 11 nitrogen and oxygen atoms in total. The maximum absolute atomic E-state index is 12.1. The summed E-state index contributed by atoms with van der Waals surface area (Å²) in [6.07, 6.45) is 0.140. The molecule has 0 bridgehead atoms. The van der Waals surface area contributed by atoms with Crippen LogP contribution in [0.4, 0.5) is 5.69 Å². The highest BCUT2D eigenvalue weighted by Crippen LogP contribution is 2.13. The van der Waals surface area contributed by atoms with Crippen LogP contribution in [-0.2, 0) is 14.3 Å². The highest BCUT2D eigenvalue weighted by Gasteiger charge is 2.21. The summed E-state index contributed by atoms with van der Waals surface area (Å²) < 4.78 is 4.89. The van der Waals surface area contributed by atoms with Crippen molar-refractivity contribution in [3.8, 4) is 12.1 Å². The van der Waals surface area contributed by atoms with Crippen LogP contribution in [0.5, 0.6) is 0 Å². The van der Waals surface area contributed by atoms with Gasteiger partial charge in [-0.2, -0.15) is 10.5 Å². The SMILES string of the molecule is CC(NC(=O)c1cccc([N+](=O)[O-])c1)C(=O)OCC(=O)N(CCC#N)CCC#N. The van der Waals surface area contributed by atoms with Crippen LogP contribution in [0, 0.1) is 32.8 Å². The first-order valence-electron chi connectivity index (χ1n) is 8.53. The summed E-state index contributed by atoms with van der Waals surface area (Å²) >= 11 is 0. The molecule has 1 atom stereocenters. The molecule has 29 heavy (non-hydrogen) atoms. The van der Waals surface area contributed by atoms with Crippen LogP contribution in [0.2, 0.25) is 0 Å². The normalized spacial score (nSPS) is 10.7. The topological polar surface area (TPSA) is 166 Å². The molecule has 11 heteroatoms. The average Bonchev–Trinajstić information content (AvgIpc) is 2.71. The summed E-state index contributed by atoms with van der Waals surface area (Å²) in [6, 6.07) is 7.65. The first-order valence-corrected chi connectivity index (χ1v) is 8.53. The second-order valence-electron chi connectivity index (χ2n) is 5.81. The van der Waals surface area contributed by atoms with Gasteiger partial charge in [0.05, 0.1) is 29.9 Å². The van der Waals surface area contributed by atoms with Gasteiger partial charge in [0.15, 0.2) is 6.61 Å². The molecule has 1 aromatic carbocycles. The Kier molecular flexibility index (Phi) is 9.27. The lowest BCUT2D eigenvalue weighted by Gasteiger charge is -2.20. The first-order chi connectivity index (χ1) is 13.8. The fourth-order valence-corrected chi connectivity index (χ4v) is 2.18. The van der Waals surface area contributed by atoms with Crippen LogP contribution in [0.3, 0.4) is 0 Å². The Labute approximate surface area is 166 Å². The molecular weight excluding hydrogens is 382 g/mol. The van der Waals surface area contributed by atoms with Crippen LogP contribution in [0.15, 0.2) is 24.3 Å². The lowest BCUT2D eigenvalue weighted by Crippen LogP contribution is -2.42. The Balaban J connectivity index is 2.60. The van der Waals surface area contributed by atoms with Crippen molar-refractivity contribution in [1.82, 2.24) is 10.2 Å². The Morgan fingerprint density at radius 1 is 1.24 bits per heavy atom. The molecule has 0 heterocycles. The summed E-state index contributed by atoms with van der Waals surface area (Å²) in [7, 11) is 0. The minimum Gasteiger partial charge on any atom is -0.454 e. The minimum atomic E-state index is -1.11. The van der Waals surface area contributed by atoms with Crippen molar-refractivity contribution in [2.45, 2.75) is 25.8 Å².